The van der Waals surface area contributed by atoms with Crippen LogP contribution in [-0.2, 0) is 0 Å². The zero-order chi connectivity index (χ0) is 5.11. The lowest BCUT2D eigenvalue weighted by Gasteiger charge is -1.89. The molecule has 3 heteroatoms. The normalized spacial score (nSPS) is 27.6. The standard InChI is InChI=1S/C4H4N3/c5-3-4-6-1-2-7-4/h1-2,4,6H. The predicted octanol–water partition coefficient (Wildman–Crippen LogP) is -0.328. The quantitative estimate of drug-likeness (QED) is 0.447. The summed E-state index contributed by atoms with van der Waals surface area (Å²) in [6, 6.07) is 1.92. The maximum atomic E-state index is 8.12. The van der Waals surface area contributed by atoms with Gasteiger partial charge in [0.25, 0.3) is 0 Å². The van der Waals surface area contributed by atoms with Crippen LogP contribution in [0.4, 0.5) is 0 Å². The summed E-state index contributed by atoms with van der Waals surface area (Å²) < 4.78 is 0. The molecule has 0 spiro atoms. The first-order chi connectivity index (χ1) is 3.43. The van der Waals surface area contributed by atoms with Crippen molar-refractivity contribution < 1.29 is 0 Å². The number of nitrogens with one attached hydrogen (secondary N) is 1. The number of nitrogens with zero attached hydrogens (tertiary/aromatic N) is 2. The summed E-state index contributed by atoms with van der Waals surface area (Å²) in [5.74, 6) is 0. The van der Waals surface area contributed by atoms with Gasteiger partial charge in [-0.05, 0) is 0 Å². The van der Waals surface area contributed by atoms with Gasteiger partial charge in [-0.2, -0.15) is 5.26 Å². The first-order valence-corrected chi connectivity index (χ1v) is 1.94. The fourth-order valence-corrected chi connectivity index (χ4v) is 0.377. The maximum Gasteiger partial charge on any atom is 0.187 e. The van der Waals surface area contributed by atoms with Crippen LogP contribution >= 0.6 is 0 Å². The lowest BCUT2D eigenvalue weighted by molar-refractivity contribution is 0.769. The van der Waals surface area contributed by atoms with Crippen LogP contribution in [0.2, 0.25) is 0 Å². The molecule has 1 rings (SSSR count). The van der Waals surface area contributed by atoms with Crippen molar-refractivity contribution in [1.82, 2.24) is 5.32 Å². The number of hydrogen-bond donors (Lipinski definition) is 1. The first-order valence-electron chi connectivity index (χ1n) is 1.94. The largest absolute Gasteiger partial charge is 0.274 e. The Bertz CT molecular complexity index is 121. The van der Waals surface area contributed by atoms with Crippen LogP contribution in [0.5, 0.6) is 0 Å². The van der Waals surface area contributed by atoms with Crippen LogP contribution in [0.25, 0.3) is 0 Å². The Balaban J connectivity index is 2.47. The lowest BCUT2D eigenvalue weighted by atomic mass is 10.6. The van der Waals surface area contributed by atoms with Gasteiger partial charge in [0.2, 0.25) is 0 Å². The van der Waals surface area contributed by atoms with Crippen molar-refractivity contribution in [2.75, 3.05) is 0 Å². The Hall–Kier alpha value is -0.880. The van der Waals surface area contributed by atoms with Gasteiger partial charge in [-0.3, -0.25) is 10.3 Å². The van der Waals surface area contributed by atoms with Crippen LogP contribution < -0.4 is 5.32 Å². The summed E-state index contributed by atoms with van der Waals surface area (Å²) in [6.07, 6.45) is 1.24. The highest BCUT2D eigenvalue weighted by atomic mass is 15.1. The van der Waals surface area contributed by atoms with E-state index in [0.717, 1.165) is 0 Å². The minimum atomic E-state index is -0.333. The molecular weight excluding hydrogens is 90.1 g/mol. The lowest BCUT2D eigenvalue weighted by Crippen LogP contribution is -2.15. The van der Waals surface area contributed by atoms with Crippen molar-refractivity contribution in [2.45, 2.75) is 6.17 Å². The molecule has 1 unspecified atom stereocenters. The molecule has 1 heterocycles. The molecule has 0 bridgehead atoms. The molecule has 0 aromatic carbocycles. The average Bonchev–Trinajstić information content (AvgIpc) is 2.14. The SMILES string of the molecule is N#CC1N=C[CH]N1. The minimum absolute atomic E-state index is 0.333. The molecule has 1 atom stereocenters. The third-order valence-corrected chi connectivity index (χ3v) is 0.686. The fourth-order valence-electron chi connectivity index (χ4n) is 0.377. The fraction of sp³-hybridized carbons (Fsp3) is 0.250. The number of hydrogen-bond acceptors (Lipinski definition) is 3. The first kappa shape index (κ1) is 4.28. The highest BCUT2D eigenvalue weighted by molar-refractivity contribution is 5.69. The van der Waals surface area contributed by atoms with Crippen molar-refractivity contribution in [3.8, 4) is 6.07 Å². The maximum absolute atomic E-state index is 8.12. The average molecular weight is 94.1 g/mol. The van der Waals surface area contributed by atoms with Crippen LogP contribution in [0.3, 0.4) is 0 Å². The molecule has 0 saturated carbocycles. The Morgan fingerprint density at radius 2 is 2.71 bits per heavy atom. The molecule has 1 radical (unpaired) electrons. The molecule has 0 saturated heterocycles. The van der Waals surface area contributed by atoms with E-state index in [1.165, 1.54) is 0 Å². The van der Waals surface area contributed by atoms with Gasteiger partial charge < -0.3 is 0 Å². The summed E-state index contributed by atoms with van der Waals surface area (Å²) in [6.45, 7) is 1.65. The molecular formula is C4H4N3. The third-order valence-electron chi connectivity index (χ3n) is 0.686. The molecule has 0 aromatic heterocycles. The van der Waals surface area contributed by atoms with E-state index in [2.05, 4.69) is 10.3 Å². The zero-order valence-electron chi connectivity index (χ0n) is 3.63. The third kappa shape index (κ3) is 0.756. The van der Waals surface area contributed by atoms with Gasteiger partial charge in [0.15, 0.2) is 6.17 Å². The van der Waals surface area contributed by atoms with Gasteiger partial charge in [0.05, 0.1) is 6.54 Å². The Morgan fingerprint density at radius 3 is 3.00 bits per heavy atom. The van der Waals surface area contributed by atoms with Crippen LogP contribution in [0.15, 0.2) is 4.99 Å². The predicted molar refractivity (Wildman–Crippen MR) is 25.3 cm³/mol. The van der Waals surface area contributed by atoms with E-state index in [4.69, 9.17) is 5.26 Å². The Kier molecular flexibility index (Phi) is 1.05. The molecule has 0 fully saturated rings. The second-order valence-electron chi connectivity index (χ2n) is 1.16. The van der Waals surface area contributed by atoms with Crippen molar-refractivity contribution in [1.29, 1.82) is 5.26 Å². The van der Waals surface area contributed by atoms with Crippen molar-refractivity contribution in [3.05, 3.63) is 6.54 Å². The second-order valence-corrected chi connectivity index (χ2v) is 1.16. The number of rotatable bonds is 0. The molecule has 1 aliphatic rings. The summed E-state index contributed by atoms with van der Waals surface area (Å²) in [4.78, 5) is 3.70. The van der Waals surface area contributed by atoms with E-state index in [0.29, 0.717) is 0 Å². The van der Waals surface area contributed by atoms with Crippen LogP contribution in [0, 0.1) is 17.9 Å². The van der Waals surface area contributed by atoms with E-state index >= 15 is 0 Å². The topological polar surface area (TPSA) is 48.2 Å². The molecule has 0 aliphatic carbocycles. The Labute approximate surface area is 41.7 Å². The molecule has 3 nitrogen and oxygen atoms in total. The van der Waals surface area contributed by atoms with Gasteiger partial charge in [-0.1, -0.05) is 0 Å². The van der Waals surface area contributed by atoms with E-state index in [9.17, 15) is 0 Å². The van der Waals surface area contributed by atoms with E-state index in [1.807, 2.05) is 6.07 Å². The highest BCUT2D eigenvalue weighted by Gasteiger charge is 2.04. The minimum Gasteiger partial charge on any atom is -0.274 e. The van der Waals surface area contributed by atoms with Gasteiger partial charge in [0.1, 0.15) is 6.07 Å². The molecule has 35 valence electrons. The van der Waals surface area contributed by atoms with Gasteiger partial charge >= 0.3 is 0 Å². The summed E-state index contributed by atoms with van der Waals surface area (Å²) >= 11 is 0. The van der Waals surface area contributed by atoms with Crippen molar-refractivity contribution in [2.24, 2.45) is 4.99 Å². The highest BCUT2D eigenvalue weighted by Crippen LogP contribution is 1.88. The monoisotopic (exact) mass is 94.0 g/mol. The Morgan fingerprint density at radius 1 is 1.86 bits per heavy atom. The van der Waals surface area contributed by atoms with Crippen molar-refractivity contribution >= 4 is 6.21 Å². The number of nitriles is 1. The van der Waals surface area contributed by atoms with E-state index in [1.54, 1.807) is 12.8 Å². The summed E-state index contributed by atoms with van der Waals surface area (Å²) in [5.41, 5.74) is 0. The summed E-state index contributed by atoms with van der Waals surface area (Å²) in [7, 11) is 0. The zero-order valence-corrected chi connectivity index (χ0v) is 3.63. The summed E-state index contributed by atoms with van der Waals surface area (Å²) in [5, 5.41) is 10.8. The molecule has 1 N–H and O–H groups in total. The molecule has 0 aromatic rings. The van der Waals surface area contributed by atoms with Gasteiger partial charge in [0, 0.05) is 6.21 Å². The second kappa shape index (κ2) is 1.71. The van der Waals surface area contributed by atoms with Crippen LogP contribution in [-0.4, -0.2) is 12.4 Å². The molecule has 0 amide bonds. The van der Waals surface area contributed by atoms with Crippen LogP contribution in [0.1, 0.15) is 0 Å². The smallest absolute Gasteiger partial charge is 0.187 e. The number of aliphatic imine (C=N–C) groups is 1. The van der Waals surface area contributed by atoms with Gasteiger partial charge in [-0.25, -0.2) is 0 Å². The van der Waals surface area contributed by atoms with E-state index in [-0.39, 0.29) is 6.17 Å². The molecule has 7 heavy (non-hydrogen) atoms. The molecule has 1 aliphatic heterocycles. The van der Waals surface area contributed by atoms with Crippen molar-refractivity contribution in [3.63, 3.8) is 0 Å². The van der Waals surface area contributed by atoms with Gasteiger partial charge in [-0.15, -0.1) is 0 Å². The van der Waals surface area contributed by atoms with E-state index < -0.39 is 0 Å².